The van der Waals surface area contributed by atoms with Crippen LogP contribution in [0.4, 0.5) is 33.3 Å². The van der Waals surface area contributed by atoms with Crippen molar-refractivity contribution in [3.63, 3.8) is 0 Å². The lowest BCUT2D eigenvalue weighted by Gasteiger charge is -2.11. The van der Waals surface area contributed by atoms with E-state index in [-0.39, 0.29) is 11.5 Å². The molecule has 2 aromatic rings. The van der Waals surface area contributed by atoms with Gasteiger partial charge in [-0.15, -0.1) is 0 Å². The lowest BCUT2D eigenvalue weighted by atomic mass is 10.2. The van der Waals surface area contributed by atoms with Gasteiger partial charge in [0.25, 0.3) is 5.91 Å². The van der Waals surface area contributed by atoms with Crippen molar-refractivity contribution in [1.82, 2.24) is 0 Å². The predicted octanol–water partition coefficient (Wildman–Crippen LogP) is 3.32. The molecule has 0 heterocycles. The summed E-state index contributed by atoms with van der Waals surface area (Å²) in [4.78, 5) is 21.8. The van der Waals surface area contributed by atoms with Crippen LogP contribution in [0.5, 0.6) is 11.5 Å². The van der Waals surface area contributed by atoms with E-state index in [0.717, 1.165) is 12.1 Å². The molecule has 0 aliphatic rings. The molecular formula is C15H9F5N2O5. The summed E-state index contributed by atoms with van der Waals surface area (Å²) in [6.07, 6.45) is 0. The highest BCUT2D eigenvalue weighted by molar-refractivity contribution is 5.92. The third kappa shape index (κ3) is 4.04. The molecule has 0 aliphatic heterocycles. The van der Waals surface area contributed by atoms with Gasteiger partial charge in [-0.1, -0.05) is 0 Å². The molecule has 2 aromatic carbocycles. The van der Waals surface area contributed by atoms with Crippen molar-refractivity contribution in [2.45, 2.75) is 0 Å². The molecule has 0 saturated carbocycles. The minimum atomic E-state index is -2.38. The first-order valence-electron chi connectivity index (χ1n) is 6.93. The number of methoxy groups -OCH3 is 1. The third-order valence-electron chi connectivity index (χ3n) is 3.20. The van der Waals surface area contributed by atoms with Gasteiger partial charge in [-0.3, -0.25) is 14.9 Å². The van der Waals surface area contributed by atoms with E-state index in [1.807, 2.05) is 0 Å². The second-order valence-corrected chi connectivity index (χ2v) is 4.87. The number of nitrogens with one attached hydrogen (secondary N) is 1. The number of ether oxygens (including phenoxy) is 2. The van der Waals surface area contributed by atoms with Crippen LogP contribution >= 0.6 is 0 Å². The van der Waals surface area contributed by atoms with Gasteiger partial charge in [0, 0.05) is 0 Å². The number of carbonyl (C=O) groups excluding carboxylic acids is 1. The van der Waals surface area contributed by atoms with E-state index in [0.29, 0.717) is 0 Å². The lowest BCUT2D eigenvalue weighted by molar-refractivity contribution is -0.385. The first kappa shape index (κ1) is 19.9. The van der Waals surface area contributed by atoms with Crippen molar-refractivity contribution in [2.24, 2.45) is 0 Å². The number of halogens is 5. The zero-order chi connectivity index (χ0) is 20.3. The molecule has 12 heteroatoms. The summed E-state index contributed by atoms with van der Waals surface area (Å²) in [6, 6.07) is 3.38. The summed E-state index contributed by atoms with van der Waals surface area (Å²) in [6.45, 7) is -1.01. The quantitative estimate of drug-likeness (QED) is 0.268. The molecule has 0 aromatic heterocycles. The van der Waals surface area contributed by atoms with Crippen LogP contribution in [0.2, 0.25) is 0 Å². The SMILES string of the molecule is COc1ccc(OCC(=O)Nc2c(F)c(F)c(F)c(F)c2F)c([N+](=O)[O-])c1. The van der Waals surface area contributed by atoms with Gasteiger partial charge < -0.3 is 14.8 Å². The second-order valence-electron chi connectivity index (χ2n) is 4.87. The number of rotatable bonds is 6. The smallest absolute Gasteiger partial charge is 0.314 e. The number of anilines is 1. The second kappa shape index (κ2) is 7.85. The number of nitro benzene ring substituents is 1. The van der Waals surface area contributed by atoms with E-state index >= 15 is 0 Å². The van der Waals surface area contributed by atoms with Gasteiger partial charge in [-0.25, -0.2) is 22.0 Å². The third-order valence-corrected chi connectivity index (χ3v) is 3.20. The summed E-state index contributed by atoms with van der Waals surface area (Å²) >= 11 is 0. The number of nitro groups is 1. The Morgan fingerprint density at radius 2 is 1.63 bits per heavy atom. The number of nitrogens with zero attached hydrogens (tertiary/aromatic N) is 1. The van der Waals surface area contributed by atoms with Crippen LogP contribution < -0.4 is 14.8 Å². The molecule has 1 amide bonds. The number of amides is 1. The number of hydrogen-bond acceptors (Lipinski definition) is 5. The van der Waals surface area contributed by atoms with Gasteiger partial charge in [0.15, 0.2) is 35.6 Å². The van der Waals surface area contributed by atoms with Crippen molar-refractivity contribution in [1.29, 1.82) is 0 Å². The van der Waals surface area contributed by atoms with E-state index < -0.39 is 57.9 Å². The molecule has 0 unspecified atom stereocenters. The van der Waals surface area contributed by atoms with Crippen LogP contribution in [-0.2, 0) is 4.79 Å². The molecule has 0 aliphatic carbocycles. The molecule has 1 N–H and O–H groups in total. The van der Waals surface area contributed by atoms with Crippen molar-refractivity contribution in [3.8, 4) is 11.5 Å². The zero-order valence-electron chi connectivity index (χ0n) is 13.3. The molecule has 0 bridgehead atoms. The van der Waals surface area contributed by atoms with E-state index in [1.165, 1.54) is 18.5 Å². The van der Waals surface area contributed by atoms with E-state index in [4.69, 9.17) is 9.47 Å². The van der Waals surface area contributed by atoms with Crippen LogP contribution in [0.15, 0.2) is 18.2 Å². The molecule has 27 heavy (non-hydrogen) atoms. The minimum Gasteiger partial charge on any atom is -0.496 e. The molecule has 0 saturated heterocycles. The van der Waals surface area contributed by atoms with Gasteiger partial charge in [0.2, 0.25) is 5.82 Å². The van der Waals surface area contributed by atoms with Crippen LogP contribution in [0.1, 0.15) is 0 Å². The molecule has 0 fully saturated rings. The Kier molecular flexibility index (Phi) is 5.78. The van der Waals surface area contributed by atoms with Crippen LogP contribution in [0.3, 0.4) is 0 Å². The summed E-state index contributed by atoms with van der Waals surface area (Å²) in [5.41, 5.74) is -2.14. The maximum absolute atomic E-state index is 13.5. The maximum atomic E-state index is 13.5. The number of carbonyl (C=O) groups is 1. The maximum Gasteiger partial charge on any atom is 0.314 e. The Morgan fingerprint density at radius 1 is 1.07 bits per heavy atom. The highest BCUT2D eigenvalue weighted by atomic mass is 19.2. The summed E-state index contributed by atoms with van der Waals surface area (Å²) in [7, 11) is 1.26. The Hall–Kier alpha value is -3.44. The normalized spacial score (nSPS) is 10.4. The van der Waals surface area contributed by atoms with Crippen LogP contribution in [0, 0.1) is 39.2 Å². The molecule has 144 valence electrons. The van der Waals surface area contributed by atoms with Crippen LogP contribution in [0.25, 0.3) is 0 Å². The molecular weight excluding hydrogens is 383 g/mol. The van der Waals surface area contributed by atoms with Gasteiger partial charge in [-0.05, 0) is 12.1 Å². The van der Waals surface area contributed by atoms with Crippen molar-refractivity contribution < 1.29 is 41.1 Å². The van der Waals surface area contributed by atoms with Crippen molar-refractivity contribution >= 4 is 17.3 Å². The van der Waals surface area contributed by atoms with E-state index in [9.17, 15) is 36.9 Å². The van der Waals surface area contributed by atoms with Crippen molar-refractivity contribution in [3.05, 3.63) is 57.4 Å². The topological polar surface area (TPSA) is 90.7 Å². The van der Waals surface area contributed by atoms with Crippen LogP contribution in [-0.4, -0.2) is 24.5 Å². The fourth-order valence-corrected chi connectivity index (χ4v) is 1.92. The predicted molar refractivity (Wildman–Crippen MR) is 80.0 cm³/mol. The standard InChI is InChI=1S/C15H9F5N2O5/c1-26-6-2-3-8(7(4-6)22(24)25)27-5-9(23)21-15-13(19)11(17)10(16)12(18)14(15)20/h2-4H,5H2,1H3,(H,21,23). The minimum absolute atomic E-state index is 0.125. The highest BCUT2D eigenvalue weighted by Crippen LogP contribution is 2.31. The molecule has 0 atom stereocenters. The summed E-state index contributed by atoms with van der Waals surface area (Å²) in [5.74, 6) is -12.9. The Labute approximate surface area is 147 Å². The fraction of sp³-hybridized carbons (Fsp3) is 0.133. The monoisotopic (exact) mass is 392 g/mol. The van der Waals surface area contributed by atoms with Gasteiger partial charge in [-0.2, -0.15) is 0 Å². The van der Waals surface area contributed by atoms with Gasteiger partial charge in [0.1, 0.15) is 11.4 Å². The first-order chi connectivity index (χ1) is 12.7. The number of benzene rings is 2. The fourth-order valence-electron chi connectivity index (χ4n) is 1.92. The van der Waals surface area contributed by atoms with Gasteiger partial charge in [0.05, 0.1) is 18.1 Å². The largest absolute Gasteiger partial charge is 0.496 e. The average molecular weight is 392 g/mol. The summed E-state index contributed by atoms with van der Waals surface area (Å²) in [5, 5.41) is 12.4. The zero-order valence-corrected chi connectivity index (χ0v) is 13.3. The molecule has 0 spiro atoms. The molecule has 7 nitrogen and oxygen atoms in total. The first-order valence-corrected chi connectivity index (χ1v) is 6.93. The summed E-state index contributed by atoms with van der Waals surface area (Å²) < 4.78 is 75.8. The van der Waals surface area contributed by atoms with Gasteiger partial charge >= 0.3 is 5.69 Å². The number of hydrogen-bond donors (Lipinski definition) is 1. The van der Waals surface area contributed by atoms with E-state index in [2.05, 4.69) is 0 Å². The van der Waals surface area contributed by atoms with E-state index in [1.54, 1.807) is 0 Å². The average Bonchev–Trinajstić information content (AvgIpc) is 2.66. The molecule has 2 rings (SSSR count). The molecule has 0 radical (unpaired) electrons. The Bertz CT molecular complexity index is 893. The van der Waals surface area contributed by atoms with Crippen molar-refractivity contribution in [2.75, 3.05) is 19.0 Å². The Morgan fingerprint density at radius 3 is 2.15 bits per heavy atom. The Balaban J connectivity index is 2.18. The highest BCUT2D eigenvalue weighted by Gasteiger charge is 2.27. The lowest BCUT2D eigenvalue weighted by Crippen LogP contribution is -2.23.